The van der Waals surface area contributed by atoms with E-state index in [0.717, 1.165) is 50.7 Å². The van der Waals surface area contributed by atoms with Crippen molar-refractivity contribution in [3.63, 3.8) is 0 Å². The fraction of sp³-hybridized carbons (Fsp3) is 0.538. The van der Waals surface area contributed by atoms with E-state index >= 15 is 0 Å². The molecule has 30 heavy (non-hydrogen) atoms. The monoisotopic (exact) mass is 407 g/mol. The summed E-state index contributed by atoms with van der Waals surface area (Å²) < 4.78 is 17.4. The average Bonchev–Trinajstić information content (AvgIpc) is 3.31. The van der Waals surface area contributed by atoms with Gasteiger partial charge in [0.25, 0.3) is 0 Å². The molecule has 4 heteroatoms. The summed E-state index contributed by atoms with van der Waals surface area (Å²) in [7, 11) is 0. The SMILES string of the molecule is Cc1cc(CC2(N)CCC3(CC2)OCCO3)cc2c1CCC(c1c(C)coc1C)=C2. The lowest BCUT2D eigenvalue weighted by atomic mass is 9.75. The van der Waals surface area contributed by atoms with Crippen molar-refractivity contribution in [1.29, 1.82) is 0 Å². The van der Waals surface area contributed by atoms with E-state index < -0.39 is 0 Å². The van der Waals surface area contributed by atoms with Crippen molar-refractivity contribution in [2.45, 2.75) is 77.0 Å². The summed E-state index contributed by atoms with van der Waals surface area (Å²) in [4.78, 5) is 0. The summed E-state index contributed by atoms with van der Waals surface area (Å²) in [5, 5.41) is 0. The molecule has 1 aliphatic heterocycles. The van der Waals surface area contributed by atoms with E-state index in [4.69, 9.17) is 19.6 Å². The molecule has 1 saturated heterocycles. The molecule has 1 aromatic carbocycles. The van der Waals surface area contributed by atoms with Crippen molar-refractivity contribution in [2.75, 3.05) is 13.2 Å². The number of aryl methyl sites for hydroxylation is 3. The fourth-order valence-corrected chi connectivity index (χ4v) is 5.76. The Labute approximate surface area is 179 Å². The third-order valence-corrected chi connectivity index (χ3v) is 7.40. The number of ether oxygens (including phenoxy) is 2. The molecular weight excluding hydrogens is 374 g/mol. The van der Waals surface area contributed by atoms with Crippen LogP contribution in [-0.2, 0) is 22.3 Å². The molecule has 5 rings (SSSR count). The van der Waals surface area contributed by atoms with Crippen LogP contribution >= 0.6 is 0 Å². The third kappa shape index (κ3) is 3.55. The van der Waals surface area contributed by atoms with E-state index in [1.54, 1.807) is 0 Å². The zero-order chi connectivity index (χ0) is 20.9. The number of allylic oxidation sites excluding steroid dienone is 1. The molecule has 0 bridgehead atoms. The van der Waals surface area contributed by atoms with Gasteiger partial charge in [-0.25, -0.2) is 0 Å². The minimum Gasteiger partial charge on any atom is -0.469 e. The molecule has 1 aromatic heterocycles. The molecule has 0 atom stereocenters. The molecule has 4 nitrogen and oxygen atoms in total. The number of hydrogen-bond donors (Lipinski definition) is 1. The van der Waals surface area contributed by atoms with Crippen molar-refractivity contribution >= 4 is 11.6 Å². The standard InChI is InChI=1S/C26H33NO3/c1-17-12-20(15-25(27)6-8-26(9-7-25)29-10-11-30-26)13-22-14-21(4-5-23(17)22)24-18(2)16-28-19(24)3/h12-14,16H,4-11,15,27H2,1-3H3. The van der Waals surface area contributed by atoms with Crippen molar-refractivity contribution in [3.8, 4) is 0 Å². The van der Waals surface area contributed by atoms with Gasteiger partial charge in [-0.15, -0.1) is 0 Å². The Hall–Kier alpha value is -1.88. The summed E-state index contributed by atoms with van der Waals surface area (Å²) in [5.74, 6) is 0.663. The number of furan rings is 1. The fourth-order valence-electron chi connectivity index (χ4n) is 5.76. The van der Waals surface area contributed by atoms with Crippen LogP contribution < -0.4 is 5.73 Å². The molecule has 2 N–H and O–H groups in total. The zero-order valence-electron chi connectivity index (χ0n) is 18.5. The van der Waals surface area contributed by atoms with E-state index in [9.17, 15) is 0 Å². The highest BCUT2D eigenvalue weighted by Crippen LogP contribution is 2.41. The Bertz CT molecular complexity index is 964. The molecule has 0 radical (unpaired) electrons. The van der Waals surface area contributed by atoms with Crippen LogP contribution in [0.15, 0.2) is 22.8 Å². The Morgan fingerprint density at radius 1 is 0.933 bits per heavy atom. The molecular formula is C26H33NO3. The van der Waals surface area contributed by atoms with Gasteiger partial charge in [-0.3, -0.25) is 0 Å². The largest absolute Gasteiger partial charge is 0.469 e. The van der Waals surface area contributed by atoms with Crippen LogP contribution in [0, 0.1) is 20.8 Å². The van der Waals surface area contributed by atoms with Crippen LogP contribution in [0.3, 0.4) is 0 Å². The second-order valence-corrected chi connectivity index (χ2v) is 9.65. The lowest BCUT2D eigenvalue weighted by Gasteiger charge is -2.41. The third-order valence-electron chi connectivity index (χ3n) is 7.40. The van der Waals surface area contributed by atoms with Crippen molar-refractivity contribution in [3.05, 3.63) is 57.5 Å². The van der Waals surface area contributed by atoms with Gasteiger partial charge in [0, 0.05) is 23.9 Å². The number of fused-ring (bicyclic) bond motifs is 1. The lowest BCUT2D eigenvalue weighted by molar-refractivity contribution is -0.184. The first kappa shape index (κ1) is 20.0. The van der Waals surface area contributed by atoms with Crippen LogP contribution in [-0.4, -0.2) is 24.5 Å². The first-order valence-corrected chi connectivity index (χ1v) is 11.3. The van der Waals surface area contributed by atoms with Gasteiger partial charge in [0.15, 0.2) is 5.79 Å². The molecule has 3 aliphatic rings. The number of rotatable bonds is 3. The van der Waals surface area contributed by atoms with Gasteiger partial charge in [0.1, 0.15) is 5.76 Å². The second kappa shape index (κ2) is 7.37. The molecule has 2 aliphatic carbocycles. The number of benzene rings is 1. The predicted molar refractivity (Wildman–Crippen MR) is 119 cm³/mol. The summed E-state index contributed by atoms with van der Waals surface area (Å²) >= 11 is 0. The first-order valence-electron chi connectivity index (χ1n) is 11.3. The maximum absolute atomic E-state index is 6.87. The van der Waals surface area contributed by atoms with Gasteiger partial charge < -0.3 is 19.6 Å². The molecule has 2 fully saturated rings. The zero-order valence-corrected chi connectivity index (χ0v) is 18.5. The highest BCUT2D eigenvalue weighted by molar-refractivity contribution is 5.86. The summed E-state index contributed by atoms with van der Waals surface area (Å²) in [6.45, 7) is 7.87. The van der Waals surface area contributed by atoms with Gasteiger partial charge >= 0.3 is 0 Å². The van der Waals surface area contributed by atoms with E-state index in [1.165, 1.54) is 39.0 Å². The normalized spacial score (nSPS) is 22.2. The van der Waals surface area contributed by atoms with Gasteiger partial charge in [0.05, 0.1) is 19.5 Å². The first-order chi connectivity index (χ1) is 14.4. The van der Waals surface area contributed by atoms with E-state index in [1.807, 2.05) is 6.26 Å². The molecule has 1 spiro atoms. The van der Waals surface area contributed by atoms with E-state index in [-0.39, 0.29) is 11.3 Å². The predicted octanol–water partition coefficient (Wildman–Crippen LogP) is 5.25. The molecule has 2 aromatic rings. The van der Waals surface area contributed by atoms with Crippen molar-refractivity contribution < 1.29 is 13.9 Å². The quantitative estimate of drug-likeness (QED) is 0.755. The van der Waals surface area contributed by atoms with Gasteiger partial charge in [0.2, 0.25) is 0 Å². The van der Waals surface area contributed by atoms with Crippen LogP contribution in [0.5, 0.6) is 0 Å². The Morgan fingerprint density at radius 3 is 2.33 bits per heavy atom. The topological polar surface area (TPSA) is 57.6 Å². The molecule has 2 heterocycles. The number of hydrogen-bond acceptors (Lipinski definition) is 4. The Morgan fingerprint density at radius 2 is 1.67 bits per heavy atom. The van der Waals surface area contributed by atoms with Crippen molar-refractivity contribution in [1.82, 2.24) is 0 Å². The molecule has 0 unspecified atom stereocenters. The minimum absolute atomic E-state index is 0.180. The van der Waals surface area contributed by atoms with Crippen LogP contribution in [0.4, 0.5) is 0 Å². The van der Waals surface area contributed by atoms with E-state index in [2.05, 4.69) is 39.0 Å². The minimum atomic E-state index is -0.355. The van der Waals surface area contributed by atoms with Gasteiger partial charge in [-0.2, -0.15) is 0 Å². The lowest BCUT2D eigenvalue weighted by Crippen LogP contribution is -2.50. The summed E-state index contributed by atoms with van der Waals surface area (Å²) in [5.41, 5.74) is 16.1. The summed E-state index contributed by atoms with van der Waals surface area (Å²) in [6.07, 6.45) is 11.0. The van der Waals surface area contributed by atoms with Crippen LogP contribution in [0.25, 0.3) is 11.6 Å². The van der Waals surface area contributed by atoms with Crippen molar-refractivity contribution in [2.24, 2.45) is 5.73 Å². The number of nitrogens with two attached hydrogens (primary N) is 1. The smallest absolute Gasteiger partial charge is 0.168 e. The molecule has 160 valence electrons. The Kier molecular flexibility index (Phi) is 4.92. The highest BCUT2D eigenvalue weighted by Gasteiger charge is 2.44. The average molecular weight is 408 g/mol. The highest BCUT2D eigenvalue weighted by atomic mass is 16.7. The van der Waals surface area contributed by atoms with Crippen LogP contribution in [0.1, 0.15) is 71.2 Å². The second-order valence-electron chi connectivity index (χ2n) is 9.65. The van der Waals surface area contributed by atoms with Gasteiger partial charge in [-0.1, -0.05) is 18.2 Å². The maximum Gasteiger partial charge on any atom is 0.168 e. The Balaban J connectivity index is 1.40. The van der Waals surface area contributed by atoms with Gasteiger partial charge in [-0.05, 0) is 86.3 Å². The van der Waals surface area contributed by atoms with Crippen LogP contribution in [0.2, 0.25) is 0 Å². The van der Waals surface area contributed by atoms with E-state index in [0.29, 0.717) is 13.2 Å². The molecule has 0 amide bonds. The maximum atomic E-state index is 6.87. The molecule has 1 saturated carbocycles. The summed E-state index contributed by atoms with van der Waals surface area (Å²) in [6, 6.07) is 4.72.